The van der Waals surface area contributed by atoms with Gasteiger partial charge in [0, 0.05) is 17.0 Å². The molecule has 0 atom stereocenters. The highest BCUT2D eigenvalue weighted by Gasteiger charge is 2.14. The monoisotopic (exact) mass is 274 g/mol. The highest BCUT2D eigenvalue weighted by atomic mass is 32.1. The molecule has 1 heterocycles. The normalized spacial score (nSPS) is 11.5. The fourth-order valence-electron chi connectivity index (χ4n) is 2.09. The molecule has 2 N–H and O–H groups in total. The number of nitrogens with two attached hydrogens (primary N) is 1. The minimum atomic E-state index is 0.429. The van der Waals surface area contributed by atoms with E-state index >= 15 is 0 Å². The lowest BCUT2D eigenvalue weighted by molar-refractivity contribution is 0.814. The summed E-state index contributed by atoms with van der Waals surface area (Å²) in [6.07, 6.45) is 0. The van der Waals surface area contributed by atoms with Crippen molar-refractivity contribution in [2.45, 2.75) is 46.1 Å². The summed E-state index contributed by atoms with van der Waals surface area (Å²) in [6, 6.07) is 8.72. The molecule has 1 aromatic carbocycles. The van der Waals surface area contributed by atoms with Crippen LogP contribution in [0.25, 0.3) is 10.6 Å². The van der Waals surface area contributed by atoms with Crippen LogP contribution >= 0.6 is 11.3 Å². The third kappa shape index (κ3) is 3.04. The molecule has 0 radical (unpaired) electrons. The van der Waals surface area contributed by atoms with E-state index in [4.69, 9.17) is 10.7 Å². The SMILES string of the molecule is CC(C)c1ccc(-c2nc(C(C)C)c(CN)s2)cc1. The summed E-state index contributed by atoms with van der Waals surface area (Å²) < 4.78 is 0. The van der Waals surface area contributed by atoms with Crippen molar-refractivity contribution in [3.8, 4) is 10.6 Å². The molecule has 3 heteroatoms. The lowest BCUT2D eigenvalue weighted by atomic mass is 10.0. The first-order valence-electron chi connectivity index (χ1n) is 6.83. The first-order valence-corrected chi connectivity index (χ1v) is 7.64. The molecule has 0 fully saturated rings. The van der Waals surface area contributed by atoms with Crippen molar-refractivity contribution >= 4 is 11.3 Å². The van der Waals surface area contributed by atoms with Crippen molar-refractivity contribution in [3.63, 3.8) is 0 Å². The summed E-state index contributed by atoms with van der Waals surface area (Å²) in [5, 5.41) is 1.08. The highest BCUT2D eigenvalue weighted by Crippen LogP contribution is 2.32. The molecular formula is C16H22N2S. The third-order valence-electron chi connectivity index (χ3n) is 3.28. The van der Waals surface area contributed by atoms with Gasteiger partial charge in [-0.2, -0.15) is 0 Å². The quantitative estimate of drug-likeness (QED) is 0.890. The average Bonchev–Trinajstić information content (AvgIpc) is 2.83. The average molecular weight is 274 g/mol. The second kappa shape index (κ2) is 5.85. The number of rotatable bonds is 4. The van der Waals surface area contributed by atoms with E-state index in [1.165, 1.54) is 16.0 Å². The second-order valence-electron chi connectivity index (χ2n) is 5.46. The van der Waals surface area contributed by atoms with Gasteiger partial charge in [0.25, 0.3) is 0 Å². The molecule has 0 aliphatic carbocycles. The van der Waals surface area contributed by atoms with Crippen molar-refractivity contribution in [3.05, 3.63) is 40.4 Å². The Balaban J connectivity index is 2.36. The molecule has 0 saturated carbocycles. The van der Waals surface area contributed by atoms with Crippen molar-refractivity contribution in [1.29, 1.82) is 0 Å². The summed E-state index contributed by atoms with van der Waals surface area (Å²) in [5.74, 6) is 0.995. The van der Waals surface area contributed by atoms with Crippen molar-refractivity contribution in [1.82, 2.24) is 4.98 Å². The predicted octanol–water partition coefficient (Wildman–Crippen LogP) is 4.52. The Kier molecular flexibility index (Phi) is 4.38. The molecule has 0 aliphatic rings. The van der Waals surface area contributed by atoms with Crippen LogP contribution in [0.1, 0.15) is 55.7 Å². The molecule has 0 bridgehead atoms. The van der Waals surface area contributed by atoms with Gasteiger partial charge in [0.2, 0.25) is 0 Å². The van der Waals surface area contributed by atoms with Gasteiger partial charge in [-0.1, -0.05) is 52.0 Å². The van der Waals surface area contributed by atoms with Gasteiger partial charge in [0.05, 0.1) is 5.69 Å². The fraction of sp³-hybridized carbons (Fsp3) is 0.438. The van der Waals surface area contributed by atoms with Gasteiger partial charge in [-0.05, 0) is 17.4 Å². The van der Waals surface area contributed by atoms with Gasteiger partial charge in [0.15, 0.2) is 0 Å². The van der Waals surface area contributed by atoms with Crippen LogP contribution in [0, 0.1) is 0 Å². The van der Waals surface area contributed by atoms with Gasteiger partial charge in [0.1, 0.15) is 5.01 Å². The largest absolute Gasteiger partial charge is 0.326 e. The van der Waals surface area contributed by atoms with E-state index < -0.39 is 0 Å². The van der Waals surface area contributed by atoms with Crippen molar-refractivity contribution in [2.24, 2.45) is 5.73 Å². The first-order chi connectivity index (χ1) is 9.02. The van der Waals surface area contributed by atoms with Gasteiger partial charge >= 0.3 is 0 Å². The smallest absolute Gasteiger partial charge is 0.123 e. The zero-order chi connectivity index (χ0) is 14.0. The van der Waals surface area contributed by atoms with E-state index in [1.807, 2.05) is 0 Å². The van der Waals surface area contributed by atoms with Gasteiger partial charge in [-0.15, -0.1) is 11.3 Å². The Morgan fingerprint density at radius 3 is 2.11 bits per heavy atom. The minimum absolute atomic E-state index is 0.429. The molecule has 0 spiro atoms. The van der Waals surface area contributed by atoms with E-state index in [0.29, 0.717) is 18.4 Å². The third-order valence-corrected chi connectivity index (χ3v) is 4.43. The maximum absolute atomic E-state index is 5.81. The standard InChI is InChI=1S/C16H22N2S/c1-10(2)12-5-7-13(8-6-12)16-18-15(11(3)4)14(9-17)19-16/h5-8,10-11H,9,17H2,1-4H3. The van der Waals surface area contributed by atoms with Crippen LogP contribution < -0.4 is 5.73 Å². The lowest BCUT2D eigenvalue weighted by Gasteiger charge is -2.05. The van der Waals surface area contributed by atoms with Crippen LogP contribution in [0.2, 0.25) is 0 Å². The Morgan fingerprint density at radius 1 is 1.05 bits per heavy atom. The summed E-state index contributed by atoms with van der Waals surface area (Å²) in [4.78, 5) is 5.97. The van der Waals surface area contributed by atoms with E-state index in [0.717, 1.165) is 10.7 Å². The molecule has 0 saturated heterocycles. The number of benzene rings is 1. The van der Waals surface area contributed by atoms with Crippen LogP contribution in [0.5, 0.6) is 0 Å². The van der Waals surface area contributed by atoms with Gasteiger partial charge < -0.3 is 5.73 Å². The predicted molar refractivity (Wildman–Crippen MR) is 83.6 cm³/mol. The number of thiazole rings is 1. The fourth-order valence-corrected chi connectivity index (χ4v) is 3.20. The summed E-state index contributed by atoms with van der Waals surface area (Å²) in [5.41, 5.74) is 9.52. The van der Waals surface area contributed by atoms with Gasteiger partial charge in [-0.25, -0.2) is 4.98 Å². The molecule has 2 rings (SSSR count). The van der Waals surface area contributed by atoms with Crippen molar-refractivity contribution in [2.75, 3.05) is 0 Å². The number of hydrogen-bond acceptors (Lipinski definition) is 3. The van der Waals surface area contributed by atoms with Crippen LogP contribution in [0.15, 0.2) is 24.3 Å². The van der Waals surface area contributed by atoms with Crippen LogP contribution in [-0.4, -0.2) is 4.98 Å². The van der Waals surface area contributed by atoms with Gasteiger partial charge in [-0.3, -0.25) is 0 Å². The first kappa shape index (κ1) is 14.2. The molecule has 0 amide bonds. The number of aromatic nitrogens is 1. The van der Waals surface area contributed by atoms with E-state index in [-0.39, 0.29) is 0 Å². The molecule has 1 aromatic heterocycles. The van der Waals surface area contributed by atoms with Crippen LogP contribution in [0.3, 0.4) is 0 Å². The Labute approximate surface area is 119 Å². The highest BCUT2D eigenvalue weighted by molar-refractivity contribution is 7.15. The van der Waals surface area contributed by atoms with E-state index in [1.54, 1.807) is 11.3 Å². The van der Waals surface area contributed by atoms with E-state index in [9.17, 15) is 0 Å². The van der Waals surface area contributed by atoms with Crippen molar-refractivity contribution < 1.29 is 0 Å². The molecule has 2 nitrogen and oxygen atoms in total. The Bertz CT molecular complexity index is 538. The summed E-state index contributed by atoms with van der Waals surface area (Å²) in [7, 11) is 0. The van der Waals surface area contributed by atoms with Crippen LogP contribution in [-0.2, 0) is 6.54 Å². The lowest BCUT2D eigenvalue weighted by Crippen LogP contribution is -1.99. The zero-order valence-corrected chi connectivity index (χ0v) is 12.9. The molecule has 0 unspecified atom stereocenters. The maximum atomic E-state index is 5.81. The molecule has 2 aromatic rings. The zero-order valence-electron chi connectivity index (χ0n) is 12.1. The van der Waals surface area contributed by atoms with E-state index in [2.05, 4.69) is 52.0 Å². The molecular weight excluding hydrogens is 252 g/mol. The number of nitrogens with zero attached hydrogens (tertiary/aromatic N) is 1. The maximum Gasteiger partial charge on any atom is 0.123 e. The topological polar surface area (TPSA) is 38.9 Å². The number of hydrogen-bond donors (Lipinski definition) is 1. The molecule has 0 aliphatic heterocycles. The molecule has 102 valence electrons. The second-order valence-corrected chi connectivity index (χ2v) is 6.55. The van der Waals surface area contributed by atoms with Crippen LogP contribution in [0.4, 0.5) is 0 Å². The Morgan fingerprint density at radius 2 is 1.68 bits per heavy atom. The summed E-state index contributed by atoms with van der Waals surface area (Å²) >= 11 is 1.72. The Hall–Kier alpha value is -1.19. The summed E-state index contributed by atoms with van der Waals surface area (Å²) in [6.45, 7) is 9.33. The minimum Gasteiger partial charge on any atom is -0.326 e. The molecule has 19 heavy (non-hydrogen) atoms.